The van der Waals surface area contributed by atoms with Gasteiger partial charge in [0.2, 0.25) is 0 Å². The van der Waals surface area contributed by atoms with E-state index in [1.807, 2.05) is 6.07 Å². The van der Waals surface area contributed by atoms with Gasteiger partial charge in [0.15, 0.2) is 0 Å². The standard InChI is InChI=1S/C14H26N2O3/c1-4-15-11-14-13(5-8-19-14)12-16(6-9-17-2)7-10-18-3/h5,8,15H,4,6-7,9-12H2,1-3H3. The molecule has 1 heterocycles. The Bertz CT molecular complexity index is 320. The molecule has 0 aromatic carbocycles. The predicted octanol–water partition coefficient (Wildman–Crippen LogP) is 1.48. The van der Waals surface area contributed by atoms with Crippen LogP contribution in [0, 0.1) is 0 Å². The van der Waals surface area contributed by atoms with E-state index >= 15 is 0 Å². The number of methoxy groups -OCH3 is 2. The van der Waals surface area contributed by atoms with E-state index in [4.69, 9.17) is 13.9 Å². The minimum absolute atomic E-state index is 0.726. The highest BCUT2D eigenvalue weighted by Crippen LogP contribution is 2.13. The first-order valence-corrected chi connectivity index (χ1v) is 6.78. The molecule has 0 radical (unpaired) electrons. The number of hydrogen-bond acceptors (Lipinski definition) is 5. The molecule has 110 valence electrons. The molecule has 0 aliphatic heterocycles. The molecule has 5 heteroatoms. The second kappa shape index (κ2) is 9.97. The second-order valence-electron chi connectivity index (χ2n) is 4.41. The number of ether oxygens (including phenoxy) is 2. The highest BCUT2D eigenvalue weighted by Gasteiger charge is 2.11. The topological polar surface area (TPSA) is 46.9 Å². The Morgan fingerprint density at radius 3 is 2.47 bits per heavy atom. The largest absolute Gasteiger partial charge is 0.468 e. The number of rotatable bonds is 11. The number of nitrogens with zero attached hydrogens (tertiary/aromatic N) is 1. The maximum absolute atomic E-state index is 5.52. The predicted molar refractivity (Wildman–Crippen MR) is 75.1 cm³/mol. The summed E-state index contributed by atoms with van der Waals surface area (Å²) in [6.07, 6.45) is 1.76. The molecule has 1 aromatic rings. The summed E-state index contributed by atoms with van der Waals surface area (Å²) in [5.74, 6) is 1.02. The second-order valence-corrected chi connectivity index (χ2v) is 4.41. The van der Waals surface area contributed by atoms with E-state index in [0.29, 0.717) is 0 Å². The Hall–Kier alpha value is -0.880. The van der Waals surface area contributed by atoms with E-state index < -0.39 is 0 Å². The molecular weight excluding hydrogens is 244 g/mol. The number of nitrogens with one attached hydrogen (secondary N) is 1. The van der Waals surface area contributed by atoms with Crippen LogP contribution in [0.3, 0.4) is 0 Å². The highest BCUT2D eigenvalue weighted by atomic mass is 16.5. The van der Waals surface area contributed by atoms with E-state index in [1.165, 1.54) is 5.56 Å². The van der Waals surface area contributed by atoms with Gasteiger partial charge < -0.3 is 19.2 Å². The van der Waals surface area contributed by atoms with Crippen molar-refractivity contribution in [3.05, 3.63) is 23.7 Å². The summed E-state index contributed by atoms with van der Waals surface area (Å²) in [5, 5.41) is 3.29. The molecule has 0 unspecified atom stereocenters. The Balaban J connectivity index is 2.53. The average molecular weight is 270 g/mol. The average Bonchev–Trinajstić information content (AvgIpc) is 2.86. The molecule has 1 N–H and O–H groups in total. The molecule has 1 rings (SSSR count). The molecule has 0 fully saturated rings. The lowest BCUT2D eigenvalue weighted by molar-refractivity contribution is 0.110. The van der Waals surface area contributed by atoms with Crippen molar-refractivity contribution in [1.29, 1.82) is 0 Å². The molecule has 0 amide bonds. The van der Waals surface area contributed by atoms with Gasteiger partial charge in [0.1, 0.15) is 5.76 Å². The normalized spacial score (nSPS) is 11.4. The molecule has 0 aliphatic carbocycles. The zero-order valence-electron chi connectivity index (χ0n) is 12.3. The molecule has 0 spiro atoms. The van der Waals surface area contributed by atoms with Crippen molar-refractivity contribution in [2.45, 2.75) is 20.0 Å². The van der Waals surface area contributed by atoms with Crippen LogP contribution in [0.15, 0.2) is 16.7 Å². The van der Waals surface area contributed by atoms with Gasteiger partial charge in [-0.25, -0.2) is 0 Å². The molecule has 0 saturated carbocycles. The van der Waals surface area contributed by atoms with Crippen LogP contribution in [0.25, 0.3) is 0 Å². The summed E-state index contributed by atoms with van der Waals surface area (Å²) in [6, 6.07) is 2.04. The summed E-state index contributed by atoms with van der Waals surface area (Å²) in [7, 11) is 3.45. The van der Waals surface area contributed by atoms with Crippen LogP contribution in [0.4, 0.5) is 0 Å². The molecule has 0 saturated heterocycles. The lowest BCUT2D eigenvalue weighted by atomic mass is 10.2. The molecule has 19 heavy (non-hydrogen) atoms. The van der Waals surface area contributed by atoms with Gasteiger partial charge in [-0.15, -0.1) is 0 Å². The quantitative estimate of drug-likeness (QED) is 0.660. The molecule has 0 aliphatic rings. The Morgan fingerprint density at radius 2 is 1.89 bits per heavy atom. The third-order valence-electron chi connectivity index (χ3n) is 2.99. The van der Waals surface area contributed by atoms with Crippen molar-refractivity contribution in [3.63, 3.8) is 0 Å². The number of hydrogen-bond donors (Lipinski definition) is 1. The van der Waals surface area contributed by atoms with Crippen LogP contribution in [-0.2, 0) is 22.6 Å². The van der Waals surface area contributed by atoms with Gasteiger partial charge in [-0.3, -0.25) is 4.90 Å². The van der Waals surface area contributed by atoms with Crippen molar-refractivity contribution < 1.29 is 13.9 Å². The third kappa shape index (κ3) is 6.20. The van der Waals surface area contributed by atoms with Crippen molar-refractivity contribution in [3.8, 4) is 0 Å². The van der Waals surface area contributed by atoms with Crippen molar-refractivity contribution in [2.24, 2.45) is 0 Å². The van der Waals surface area contributed by atoms with Crippen LogP contribution in [0.2, 0.25) is 0 Å². The third-order valence-corrected chi connectivity index (χ3v) is 2.99. The van der Waals surface area contributed by atoms with Crippen LogP contribution in [0.1, 0.15) is 18.2 Å². The maximum atomic E-state index is 5.52. The van der Waals surface area contributed by atoms with Gasteiger partial charge in [0, 0.05) is 39.4 Å². The molecular formula is C14H26N2O3. The molecule has 0 atom stereocenters. The Morgan fingerprint density at radius 1 is 1.21 bits per heavy atom. The maximum Gasteiger partial charge on any atom is 0.122 e. The molecule has 1 aromatic heterocycles. The van der Waals surface area contributed by atoms with E-state index in [9.17, 15) is 0 Å². The minimum Gasteiger partial charge on any atom is -0.468 e. The van der Waals surface area contributed by atoms with Gasteiger partial charge in [-0.05, 0) is 12.6 Å². The van der Waals surface area contributed by atoms with Gasteiger partial charge in [-0.2, -0.15) is 0 Å². The smallest absolute Gasteiger partial charge is 0.122 e. The minimum atomic E-state index is 0.726. The number of furan rings is 1. The fourth-order valence-corrected chi connectivity index (χ4v) is 1.85. The van der Waals surface area contributed by atoms with E-state index in [2.05, 4.69) is 17.1 Å². The monoisotopic (exact) mass is 270 g/mol. The van der Waals surface area contributed by atoms with Gasteiger partial charge in [-0.1, -0.05) is 6.92 Å². The van der Waals surface area contributed by atoms with E-state index in [1.54, 1.807) is 20.5 Å². The Kier molecular flexibility index (Phi) is 8.49. The van der Waals surface area contributed by atoms with Crippen molar-refractivity contribution in [1.82, 2.24) is 10.2 Å². The highest BCUT2D eigenvalue weighted by molar-refractivity contribution is 5.16. The van der Waals surface area contributed by atoms with Gasteiger partial charge >= 0.3 is 0 Å². The molecule has 0 bridgehead atoms. The van der Waals surface area contributed by atoms with Crippen LogP contribution < -0.4 is 5.32 Å². The first-order chi connectivity index (χ1) is 9.31. The summed E-state index contributed by atoms with van der Waals surface area (Å²) >= 11 is 0. The zero-order chi connectivity index (χ0) is 13.9. The zero-order valence-corrected chi connectivity index (χ0v) is 12.3. The fourth-order valence-electron chi connectivity index (χ4n) is 1.85. The summed E-state index contributed by atoms with van der Waals surface area (Å²) < 4.78 is 15.8. The van der Waals surface area contributed by atoms with Crippen molar-refractivity contribution in [2.75, 3.05) is 47.1 Å². The van der Waals surface area contributed by atoms with E-state index in [0.717, 1.165) is 51.7 Å². The summed E-state index contributed by atoms with van der Waals surface area (Å²) in [6.45, 7) is 7.92. The first-order valence-electron chi connectivity index (χ1n) is 6.78. The summed E-state index contributed by atoms with van der Waals surface area (Å²) in [4.78, 5) is 2.31. The van der Waals surface area contributed by atoms with Crippen LogP contribution >= 0.6 is 0 Å². The fraction of sp³-hybridized carbons (Fsp3) is 0.714. The van der Waals surface area contributed by atoms with Crippen LogP contribution in [0.5, 0.6) is 0 Å². The first kappa shape index (κ1) is 16.2. The SMILES string of the molecule is CCNCc1occc1CN(CCOC)CCOC. The van der Waals surface area contributed by atoms with Crippen LogP contribution in [-0.4, -0.2) is 52.0 Å². The molecule has 5 nitrogen and oxygen atoms in total. The van der Waals surface area contributed by atoms with Gasteiger partial charge in [0.05, 0.1) is 26.0 Å². The van der Waals surface area contributed by atoms with Gasteiger partial charge in [0.25, 0.3) is 0 Å². The lowest BCUT2D eigenvalue weighted by Crippen LogP contribution is -2.30. The van der Waals surface area contributed by atoms with E-state index in [-0.39, 0.29) is 0 Å². The Labute approximate surface area is 115 Å². The van der Waals surface area contributed by atoms with Crippen molar-refractivity contribution >= 4 is 0 Å². The lowest BCUT2D eigenvalue weighted by Gasteiger charge is -2.21. The summed E-state index contributed by atoms with van der Waals surface area (Å²) in [5.41, 5.74) is 1.23.